The second-order valence-electron chi connectivity index (χ2n) is 4.01. The first-order valence-electron chi connectivity index (χ1n) is 5.52. The molecule has 0 aliphatic heterocycles. The SMILES string of the molecule is CCN(C)CCNc1cc(C)c(N)cc1Br. The number of hydrogen-bond acceptors (Lipinski definition) is 3. The molecule has 3 nitrogen and oxygen atoms in total. The van der Waals surface area contributed by atoms with E-state index in [1.165, 1.54) is 0 Å². The topological polar surface area (TPSA) is 41.3 Å². The summed E-state index contributed by atoms with van der Waals surface area (Å²) < 4.78 is 1.02. The average molecular weight is 286 g/mol. The standard InChI is InChI=1S/C12H20BrN3/c1-4-16(3)6-5-15-12-7-9(2)11(14)8-10(12)13/h7-8,15H,4-6,14H2,1-3H3. The van der Waals surface area contributed by atoms with Gasteiger partial charge in [0.1, 0.15) is 0 Å². The highest BCUT2D eigenvalue weighted by Gasteiger charge is 2.03. The van der Waals surface area contributed by atoms with Crippen molar-refractivity contribution >= 4 is 27.3 Å². The molecule has 0 spiro atoms. The molecule has 0 atom stereocenters. The van der Waals surface area contributed by atoms with E-state index >= 15 is 0 Å². The minimum Gasteiger partial charge on any atom is -0.398 e. The van der Waals surface area contributed by atoms with Gasteiger partial charge in [0, 0.05) is 28.9 Å². The van der Waals surface area contributed by atoms with Gasteiger partial charge in [-0.05, 0) is 54.1 Å². The second-order valence-corrected chi connectivity index (χ2v) is 4.87. The molecule has 0 saturated carbocycles. The van der Waals surface area contributed by atoms with E-state index in [1.807, 2.05) is 13.0 Å². The summed E-state index contributed by atoms with van der Waals surface area (Å²) in [5, 5.41) is 3.40. The monoisotopic (exact) mass is 285 g/mol. The predicted molar refractivity (Wildman–Crippen MR) is 75.0 cm³/mol. The van der Waals surface area contributed by atoms with E-state index < -0.39 is 0 Å². The number of aryl methyl sites for hydroxylation is 1. The molecule has 0 heterocycles. The fourth-order valence-corrected chi connectivity index (χ4v) is 1.87. The van der Waals surface area contributed by atoms with E-state index in [4.69, 9.17) is 5.73 Å². The smallest absolute Gasteiger partial charge is 0.0489 e. The van der Waals surface area contributed by atoms with Crippen LogP contribution >= 0.6 is 15.9 Å². The van der Waals surface area contributed by atoms with Crippen molar-refractivity contribution in [3.05, 3.63) is 22.2 Å². The van der Waals surface area contributed by atoms with Gasteiger partial charge in [0.05, 0.1) is 0 Å². The number of nitrogen functional groups attached to an aromatic ring is 1. The maximum atomic E-state index is 5.82. The Hall–Kier alpha value is -0.740. The molecule has 16 heavy (non-hydrogen) atoms. The molecule has 1 aromatic rings. The van der Waals surface area contributed by atoms with Crippen molar-refractivity contribution in [2.75, 3.05) is 37.7 Å². The maximum absolute atomic E-state index is 5.82. The summed E-state index contributed by atoms with van der Waals surface area (Å²) in [5.74, 6) is 0. The lowest BCUT2D eigenvalue weighted by atomic mass is 10.2. The van der Waals surface area contributed by atoms with Crippen molar-refractivity contribution in [2.45, 2.75) is 13.8 Å². The molecule has 0 aromatic heterocycles. The lowest BCUT2D eigenvalue weighted by molar-refractivity contribution is 0.367. The van der Waals surface area contributed by atoms with Crippen molar-refractivity contribution in [1.29, 1.82) is 0 Å². The molecule has 0 aliphatic rings. The van der Waals surface area contributed by atoms with E-state index in [9.17, 15) is 0 Å². The van der Waals surface area contributed by atoms with E-state index in [0.717, 1.165) is 41.0 Å². The molecule has 0 unspecified atom stereocenters. The van der Waals surface area contributed by atoms with Gasteiger partial charge < -0.3 is 16.0 Å². The Morgan fingerprint density at radius 1 is 1.44 bits per heavy atom. The fourth-order valence-electron chi connectivity index (χ4n) is 1.37. The van der Waals surface area contributed by atoms with Gasteiger partial charge in [0.25, 0.3) is 0 Å². The molecule has 1 rings (SSSR count). The highest BCUT2D eigenvalue weighted by atomic mass is 79.9. The van der Waals surface area contributed by atoms with Gasteiger partial charge in [0.2, 0.25) is 0 Å². The lowest BCUT2D eigenvalue weighted by Gasteiger charge is -2.16. The molecule has 1 aromatic carbocycles. The zero-order valence-corrected chi connectivity index (χ0v) is 11.8. The zero-order chi connectivity index (χ0) is 12.1. The summed E-state index contributed by atoms with van der Waals surface area (Å²) in [5.41, 5.74) is 8.86. The van der Waals surface area contributed by atoms with Crippen LogP contribution in [0.25, 0.3) is 0 Å². The van der Waals surface area contributed by atoms with Crippen LogP contribution in [0.4, 0.5) is 11.4 Å². The van der Waals surface area contributed by atoms with Gasteiger partial charge in [-0.15, -0.1) is 0 Å². The first-order valence-corrected chi connectivity index (χ1v) is 6.32. The third-order valence-corrected chi connectivity index (χ3v) is 3.36. The third-order valence-electron chi connectivity index (χ3n) is 2.70. The number of halogens is 1. The number of nitrogens with one attached hydrogen (secondary N) is 1. The molecule has 90 valence electrons. The van der Waals surface area contributed by atoms with Crippen molar-refractivity contribution in [2.24, 2.45) is 0 Å². The first-order chi connectivity index (χ1) is 7.54. The summed E-state index contributed by atoms with van der Waals surface area (Å²) in [4.78, 5) is 2.27. The minimum atomic E-state index is 0.822. The Bertz CT molecular complexity index is 352. The normalized spacial score (nSPS) is 10.8. The summed E-state index contributed by atoms with van der Waals surface area (Å²) >= 11 is 3.51. The Morgan fingerprint density at radius 3 is 2.75 bits per heavy atom. The van der Waals surface area contributed by atoms with Crippen LogP contribution < -0.4 is 11.1 Å². The van der Waals surface area contributed by atoms with Gasteiger partial charge in [-0.25, -0.2) is 0 Å². The fraction of sp³-hybridized carbons (Fsp3) is 0.500. The molecule has 0 saturated heterocycles. The van der Waals surface area contributed by atoms with Crippen LogP contribution in [0.15, 0.2) is 16.6 Å². The van der Waals surface area contributed by atoms with Gasteiger partial charge >= 0.3 is 0 Å². The quantitative estimate of drug-likeness (QED) is 0.818. The summed E-state index contributed by atoms with van der Waals surface area (Å²) in [7, 11) is 2.12. The van der Waals surface area contributed by atoms with Crippen LogP contribution in [-0.4, -0.2) is 31.6 Å². The van der Waals surface area contributed by atoms with Gasteiger partial charge in [-0.2, -0.15) is 0 Å². The number of likely N-dealkylation sites (N-methyl/N-ethyl adjacent to an activating group) is 1. The van der Waals surface area contributed by atoms with Crippen molar-refractivity contribution in [1.82, 2.24) is 4.90 Å². The van der Waals surface area contributed by atoms with Crippen LogP contribution in [0.5, 0.6) is 0 Å². The Morgan fingerprint density at radius 2 is 2.12 bits per heavy atom. The minimum absolute atomic E-state index is 0.822. The Labute approximate surface area is 106 Å². The van der Waals surface area contributed by atoms with E-state index in [-0.39, 0.29) is 0 Å². The molecular formula is C12H20BrN3. The largest absolute Gasteiger partial charge is 0.398 e. The average Bonchev–Trinajstić information content (AvgIpc) is 2.25. The molecule has 3 N–H and O–H groups in total. The number of benzene rings is 1. The highest BCUT2D eigenvalue weighted by Crippen LogP contribution is 2.27. The molecule has 0 fully saturated rings. The highest BCUT2D eigenvalue weighted by molar-refractivity contribution is 9.10. The van der Waals surface area contributed by atoms with Crippen molar-refractivity contribution < 1.29 is 0 Å². The van der Waals surface area contributed by atoms with Crippen molar-refractivity contribution in [3.8, 4) is 0 Å². The summed E-state index contributed by atoms with van der Waals surface area (Å²) in [6.45, 7) is 7.22. The van der Waals surface area contributed by atoms with E-state index in [0.29, 0.717) is 0 Å². The zero-order valence-electron chi connectivity index (χ0n) is 10.2. The number of hydrogen-bond donors (Lipinski definition) is 2. The van der Waals surface area contributed by atoms with E-state index in [1.54, 1.807) is 0 Å². The van der Waals surface area contributed by atoms with Gasteiger partial charge in [0.15, 0.2) is 0 Å². The molecule has 0 aliphatic carbocycles. The predicted octanol–water partition coefficient (Wildman–Crippen LogP) is 2.70. The number of nitrogens with two attached hydrogens (primary N) is 1. The summed E-state index contributed by atoms with van der Waals surface area (Å²) in [6, 6.07) is 4.02. The summed E-state index contributed by atoms with van der Waals surface area (Å²) in [6.07, 6.45) is 0. The Balaban J connectivity index is 2.57. The van der Waals surface area contributed by atoms with E-state index in [2.05, 4.69) is 46.2 Å². The number of nitrogens with zero attached hydrogens (tertiary/aromatic N) is 1. The lowest BCUT2D eigenvalue weighted by Crippen LogP contribution is -2.24. The van der Waals surface area contributed by atoms with Crippen LogP contribution in [0, 0.1) is 6.92 Å². The van der Waals surface area contributed by atoms with Gasteiger partial charge in [-0.1, -0.05) is 6.92 Å². The second kappa shape index (κ2) is 6.11. The Kier molecular flexibility index (Phi) is 5.09. The van der Waals surface area contributed by atoms with Crippen LogP contribution in [-0.2, 0) is 0 Å². The molecule has 4 heteroatoms. The maximum Gasteiger partial charge on any atom is 0.0489 e. The first kappa shape index (κ1) is 13.3. The molecule has 0 bridgehead atoms. The third kappa shape index (κ3) is 3.68. The van der Waals surface area contributed by atoms with Crippen LogP contribution in [0.2, 0.25) is 0 Å². The molecular weight excluding hydrogens is 266 g/mol. The van der Waals surface area contributed by atoms with Gasteiger partial charge in [-0.3, -0.25) is 0 Å². The number of rotatable bonds is 5. The van der Waals surface area contributed by atoms with Crippen molar-refractivity contribution in [3.63, 3.8) is 0 Å². The number of anilines is 2. The molecule has 0 amide bonds. The molecule has 0 radical (unpaired) electrons. The van der Waals surface area contributed by atoms with Crippen LogP contribution in [0.3, 0.4) is 0 Å². The van der Waals surface area contributed by atoms with Crippen LogP contribution in [0.1, 0.15) is 12.5 Å².